The van der Waals surface area contributed by atoms with Gasteiger partial charge in [-0.05, 0) is 19.4 Å². The highest BCUT2D eigenvalue weighted by atomic mass is 35.5. The first-order valence-corrected chi connectivity index (χ1v) is 6.73. The SMILES string of the molecule is CCCNC(=O)C(C)n1c(N)nc2cc(F)c(Cl)cc21. The van der Waals surface area contributed by atoms with E-state index in [-0.39, 0.29) is 16.9 Å². The van der Waals surface area contributed by atoms with Crippen molar-refractivity contribution in [1.82, 2.24) is 14.9 Å². The standard InChI is InChI=1S/C13H16ClFN4O/c1-3-4-17-12(20)7(2)19-11-5-8(14)9(15)6-10(11)18-13(19)16/h5-7H,3-4H2,1-2H3,(H2,16,18)(H,17,20). The van der Waals surface area contributed by atoms with E-state index >= 15 is 0 Å². The number of nitrogen functional groups attached to an aromatic ring is 1. The lowest BCUT2D eigenvalue weighted by Crippen LogP contribution is -2.31. The Morgan fingerprint density at radius 2 is 2.30 bits per heavy atom. The van der Waals surface area contributed by atoms with Crippen LogP contribution in [0.2, 0.25) is 5.02 Å². The fourth-order valence-corrected chi connectivity index (χ4v) is 2.19. The Morgan fingerprint density at radius 3 is 2.95 bits per heavy atom. The second kappa shape index (κ2) is 5.66. The molecule has 3 N–H and O–H groups in total. The molecule has 1 heterocycles. The highest BCUT2D eigenvalue weighted by molar-refractivity contribution is 6.31. The molecular formula is C13H16ClFN4O. The van der Waals surface area contributed by atoms with Gasteiger partial charge in [-0.15, -0.1) is 0 Å². The Balaban J connectivity index is 2.45. The molecule has 0 aliphatic rings. The minimum atomic E-state index is -0.563. The van der Waals surface area contributed by atoms with Gasteiger partial charge in [0.2, 0.25) is 11.9 Å². The van der Waals surface area contributed by atoms with E-state index in [0.717, 1.165) is 6.42 Å². The number of carbonyl (C=O) groups excluding carboxylic acids is 1. The number of nitrogens with one attached hydrogen (secondary N) is 1. The molecule has 1 aromatic heterocycles. The molecule has 0 bridgehead atoms. The lowest BCUT2D eigenvalue weighted by Gasteiger charge is -2.15. The number of rotatable bonds is 4. The zero-order chi connectivity index (χ0) is 14.9. The van der Waals surface area contributed by atoms with Crippen molar-refractivity contribution in [1.29, 1.82) is 0 Å². The summed E-state index contributed by atoms with van der Waals surface area (Å²) in [6, 6.07) is 2.09. The molecule has 1 amide bonds. The van der Waals surface area contributed by atoms with Crippen molar-refractivity contribution < 1.29 is 9.18 Å². The van der Waals surface area contributed by atoms with Crippen LogP contribution in [0.15, 0.2) is 12.1 Å². The average Bonchev–Trinajstić information content (AvgIpc) is 2.71. The number of halogens is 2. The maximum atomic E-state index is 13.4. The summed E-state index contributed by atoms with van der Waals surface area (Å²) < 4.78 is 15.0. The summed E-state index contributed by atoms with van der Waals surface area (Å²) in [6.45, 7) is 4.26. The number of hydrogen-bond acceptors (Lipinski definition) is 3. The van der Waals surface area contributed by atoms with E-state index in [1.807, 2.05) is 6.92 Å². The lowest BCUT2D eigenvalue weighted by atomic mass is 10.2. The van der Waals surface area contributed by atoms with Crippen molar-refractivity contribution in [3.8, 4) is 0 Å². The molecule has 20 heavy (non-hydrogen) atoms. The van der Waals surface area contributed by atoms with Crippen molar-refractivity contribution in [2.24, 2.45) is 0 Å². The van der Waals surface area contributed by atoms with Crippen LogP contribution < -0.4 is 11.1 Å². The number of nitrogens with zero attached hydrogens (tertiary/aromatic N) is 2. The van der Waals surface area contributed by atoms with Gasteiger partial charge in [0.15, 0.2) is 0 Å². The van der Waals surface area contributed by atoms with Crippen LogP contribution in [0.1, 0.15) is 26.3 Å². The topological polar surface area (TPSA) is 72.9 Å². The largest absolute Gasteiger partial charge is 0.369 e. The highest BCUT2D eigenvalue weighted by Crippen LogP contribution is 2.27. The van der Waals surface area contributed by atoms with E-state index in [1.165, 1.54) is 12.1 Å². The number of nitrogens with two attached hydrogens (primary N) is 1. The Morgan fingerprint density at radius 1 is 1.60 bits per heavy atom. The normalized spacial score (nSPS) is 12.6. The van der Waals surface area contributed by atoms with Gasteiger partial charge < -0.3 is 11.1 Å². The fourth-order valence-electron chi connectivity index (χ4n) is 2.03. The van der Waals surface area contributed by atoms with E-state index in [4.69, 9.17) is 17.3 Å². The average molecular weight is 299 g/mol. The molecule has 0 spiro atoms. The van der Waals surface area contributed by atoms with Gasteiger partial charge in [-0.1, -0.05) is 18.5 Å². The predicted octanol–water partition coefficient (Wildman–Crippen LogP) is 2.50. The second-order valence-corrected chi connectivity index (χ2v) is 4.97. The van der Waals surface area contributed by atoms with Gasteiger partial charge in [0.05, 0.1) is 16.1 Å². The number of imidazole rings is 1. The van der Waals surface area contributed by atoms with Gasteiger partial charge in [0, 0.05) is 12.6 Å². The Labute approximate surface area is 120 Å². The smallest absolute Gasteiger partial charge is 0.242 e. The summed E-state index contributed by atoms with van der Waals surface area (Å²) in [5, 5.41) is 2.76. The first-order valence-electron chi connectivity index (χ1n) is 6.35. The van der Waals surface area contributed by atoms with Crippen LogP contribution in [0.3, 0.4) is 0 Å². The molecule has 108 valence electrons. The van der Waals surface area contributed by atoms with Crippen molar-refractivity contribution in [3.05, 3.63) is 23.0 Å². The Bertz CT molecular complexity index is 655. The Kier molecular flexibility index (Phi) is 4.13. The fraction of sp³-hybridized carbons (Fsp3) is 0.385. The number of amides is 1. The molecule has 0 saturated heterocycles. The molecular weight excluding hydrogens is 283 g/mol. The molecule has 0 aliphatic heterocycles. The van der Waals surface area contributed by atoms with Gasteiger partial charge in [-0.2, -0.15) is 0 Å². The molecule has 5 nitrogen and oxygen atoms in total. The third kappa shape index (κ3) is 2.56. The molecule has 2 rings (SSSR count). The van der Waals surface area contributed by atoms with Crippen molar-refractivity contribution in [2.75, 3.05) is 12.3 Å². The first-order chi connectivity index (χ1) is 9.45. The van der Waals surface area contributed by atoms with Gasteiger partial charge in [-0.25, -0.2) is 9.37 Å². The number of hydrogen-bond donors (Lipinski definition) is 2. The van der Waals surface area contributed by atoms with Crippen LogP contribution in [-0.4, -0.2) is 22.0 Å². The van der Waals surface area contributed by atoms with Crippen LogP contribution in [0, 0.1) is 5.82 Å². The minimum Gasteiger partial charge on any atom is -0.369 e. The van der Waals surface area contributed by atoms with E-state index in [2.05, 4.69) is 10.3 Å². The van der Waals surface area contributed by atoms with Crippen molar-refractivity contribution >= 4 is 34.5 Å². The number of aromatic nitrogens is 2. The van der Waals surface area contributed by atoms with Gasteiger partial charge >= 0.3 is 0 Å². The van der Waals surface area contributed by atoms with Crippen LogP contribution in [0.5, 0.6) is 0 Å². The molecule has 0 aliphatic carbocycles. The third-order valence-corrected chi connectivity index (χ3v) is 3.36. The van der Waals surface area contributed by atoms with Crippen LogP contribution in [-0.2, 0) is 4.79 Å². The predicted molar refractivity (Wildman–Crippen MR) is 77.1 cm³/mol. The number of carbonyl (C=O) groups is 1. The monoisotopic (exact) mass is 298 g/mol. The van der Waals surface area contributed by atoms with E-state index < -0.39 is 11.9 Å². The molecule has 1 unspecified atom stereocenters. The van der Waals surface area contributed by atoms with Crippen molar-refractivity contribution in [2.45, 2.75) is 26.3 Å². The summed E-state index contributed by atoms with van der Waals surface area (Å²) in [4.78, 5) is 16.1. The molecule has 1 atom stereocenters. The van der Waals surface area contributed by atoms with Gasteiger partial charge in [0.1, 0.15) is 11.9 Å². The molecule has 1 aromatic carbocycles. The summed E-state index contributed by atoms with van der Waals surface area (Å²) in [5.74, 6) is -0.578. The highest BCUT2D eigenvalue weighted by Gasteiger charge is 2.21. The van der Waals surface area contributed by atoms with Gasteiger partial charge in [0.25, 0.3) is 0 Å². The quantitative estimate of drug-likeness (QED) is 0.911. The zero-order valence-corrected chi connectivity index (χ0v) is 12.0. The summed E-state index contributed by atoms with van der Waals surface area (Å²) in [7, 11) is 0. The molecule has 0 fully saturated rings. The third-order valence-electron chi connectivity index (χ3n) is 3.07. The molecule has 0 saturated carbocycles. The maximum Gasteiger partial charge on any atom is 0.242 e. The molecule has 7 heteroatoms. The second-order valence-electron chi connectivity index (χ2n) is 4.56. The summed E-state index contributed by atoms with van der Waals surface area (Å²) in [6.07, 6.45) is 0.843. The Hall–Kier alpha value is -1.82. The van der Waals surface area contributed by atoms with Crippen LogP contribution in [0.4, 0.5) is 10.3 Å². The summed E-state index contributed by atoms with van der Waals surface area (Å²) >= 11 is 5.78. The number of anilines is 1. The zero-order valence-electron chi connectivity index (χ0n) is 11.3. The van der Waals surface area contributed by atoms with E-state index in [1.54, 1.807) is 11.5 Å². The van der Waals surface area contributed by atoms with Crippen LogP contribution >= 0.6 is 11.6 Å². The first kappa shape index (κ1) is 14.6. The molecule has 2 aromatic rings. The van der Waals surface area contributed by atoms with Crippen LogP contribution in [0.25, 0.3) is 11.0 Å². The minimum absolute atomic E-state index is 0.0279. The lowest BCUT2D eigenvalue weighted by molar-refractivity contribution is -0.123. The maximum absolute atomic E-state index is 13.4. The van der Waals surface area contributed by atoms with E-state index in [0.29, 0.717) is 17.6 Å². The van der Waals surface area contributed by atoms with Gasteiger partial charge in [-0.3, -0.25) is 9.36 Å². The molecule has 0 radical (unpaired) electrons. The van der Waals surface area contributed by atoms with E-state index in [9.17, 15) is 9.18 Å². The number of fused-ring (bicyclic) bond motifs is 1. The van der Waals surface area contributed by atoms with Crippen molar-refractivity contribution in [3.63, 3.8) is 0 Å². The summed E-state index contributed by atoms with van der Waals surface area (Å²) in [5.41, 5.74) is 6.74. The number of benzene rings is 1.